The Morgan fingerprint density at radius 2 is 2.08 bits per heavy atom. The number of rotatable bonds is 4. The van der Waals surface area contributed by atoms with Crippen molar-refractivity contribution in [1.82, 2.24) is 19.9 Å². The van der Waals surface area contributed by atoms with Crippen molar-refractivity contribution in [2.24, 2.45) is 15.9 Å². The van der Waals surface area contributed by atoms with Gasteiger partial charge in [0.1, 0.15) is 0 Å². The Balaban J connectivity index is 1.59. The number of amides is 1. The third kappa shape index (κ3) is 3.21. The van der Waals surface area contributed by atoms with Crippen LogP contribution in [0.1, 0.15) is 25.6 Å². The standard InChI is InChI=1S/C15H21FN6O2/c1-8(2)13-12(16)14(23)19-15(18-13)22-5-10(6-22)21(4)7-11-17-9(3)20-24-11/h8,10,12H,5-7H2,1-4H3. The van der Waals surface area contributed by atoms with Crippen LogP contribution in [0.4, 0.5) is 4.39 Å². The maximum Gasteiger partial charge on any atom is 0.289 e. The van der Waals surface area contributed by atoms with Crippen molar-refractivity contribution in [3.05, 3.63) is 11.7 Å². The van der Waals surface area contributed by atoms with Crippen LogP contribution in [-0.4, -0.2) is 69.9 Å². The molecule has 1 saturated heterocycles. The van der Waals surface area contributed by atoms with Gasteiger partial charge in [-0.05, 0) is 19.9 Å². The number of aliphatic imine (C=N–C) groups is 2. The molecule has 1 aromatic heterocycles. The van der Waals surface area contributed by atoms with Gasteiger partial charge in [-0.1, -0.05) is 19.0 Å². The number of alkyl halides is 1. The summed E-state index contributed by atoms with van der Waals surface area (Å²) < 4.78 is 19.0. The van der Waals surface area contributed by atoms with E-state index in [-0.39, 0.29) is 17.7 Å². The number of carbonyl (C=O) groups excluding carboxylic acids is 1. The largest absolute Gasteiger partial charge is 0.338 e. The van der Waals surface area contributed by atoms with Crippen LogP contribution in [0, 0.1) is 12.8 Å². The van der Waals surface area contributed by atoms with Crippen molar-refractivity contribution < 1.29 is 13.7 Å². The Bertz CT molecular complexity index is 692. The summed E-state index contributed by atoms with van der Waals surface area (Å²) in [5, 5.41) is 3.77. The average molecular weight is 336 g/mol. The van der Waals surface area contributed by atoms with Crippen molar-refractivity contribution >= 4 is 17.6 Å². The number of guanidine groups is 1. The van der Waals surface area contributed by atoms with E-state index in [1.807, 2.05) is 25.8 Å². The summed E-state index contributed by atoms with van der Waals surface area (Å²) in [4.78, 5) is 27.9. The first-order valence-electron chi connectivity index (χ1n) is 7.94. The molecule has 1 aromatic rings. The van der Waals surface area contributed by atoms with Crippen LogP contribution in [0.3, 0.4) is 0 Å². The summed E-state index contributed by atoms with van der Waals surface area (Å²) >= 11 is 0. The summed E-state index contributed by atoms with van der Waals surface area (Å²) in [5.74, 6) is 0.603. The summed E-state index contributed by atoms with van der Waals surface area (Å²) in [5.41, 5.74) is 0.253. The first kappa shape index (κ1) is 16.7. The number of hydrogen-bond acceptors (Lipinski definition) is 7. The molecule has 3 rings (SSSR count). The number of likely N-dealkylation sites (tertiary alicyclic amines) is 1. The van der Waals surface area contributed by atoms with Gasteiger partial charge in [0, 0.05) is 19.1 Å². The van der Waals surface area contributed by atoms with E-state index in [0.717, 1.165) is 0 Å². The predicted octanol–water partition coefficient (Wildman–Crippen LogP) is 0.825. The molecule has 3 heterocycles. The van der Waals surface area contributed by atoms with Crippen LogP contribution >= 0.6 is 0 Å². The van der Waals surface area contributed by atoms with Gasteiger partial charge < -0.3 is 9.42 Å². The molecule has 130 valence electrons. The van der Waals surface area contributed by atoms with E-state index in [4.69, 9.17) is 4.52 Å². The number of likely N-dealkylation sites (N-methyl/N-ethyl adjacent to an activating group) is 1. The van der Waals surface area contributed by atoms with Crippen LogP contribution in [0.2, 0.25) is 0 Å². The summed E-state index contributed by atoms with van der Waals surface area (Å²) in [6.45, 7) is 7.31. The second kappa shape index (κ2) is 6.39. The molecule has 0 N–H and O–H groups in total. The fraction of sp³-hybridized carbons (Fsp3) is 0.667. The zero-order valence-electron chi connectivity index (χ0n) is 14.2. The maximum atomic E-state index is 13.9. The first-order valence-corrected chi connectivity index (χ1v) is 7.94. The molecule has 2 aliphatic rings. The summed E-state index contributed by atoms with van der Waals surface area (Å²) in [6.07, 6.45) is -1.71. The van der Waals surface area contributed by atoms with Gasteiger partial charge in [-0.25, -0.2) is 9.38 Å². The van der Waals surface area contributed by atoms with E-state index >= 15 is 0 Å². The fourth-order valence-electron chi connectivity index (χ4n) is 2.69. The molecule has 8 nitrogen and oxygen atoms in total. The Kier molecular flexibility index (Phi) is 4.44. The lowest BCUT2D eigenvalue weighted by Crippen LogP contribution is -2.60. The van der Waals surface area contributed by atoms with Crippen LogP contribution < -0.4 is 0 Å². The van der Waals surface area contributed by atoms with Gasteiger partial charge in [0.25, 0.3) is 5.91 Å². The monoisotopic (exact) mass is 336 g/mol. The smallest absolute Gasteiger partial charge is 0.289 e. The van der Waals surface area contributed by atoms with Crippen LogP contribution in [0.25, 0.3) is 0 Å². The van der Waals surface area contributed by atoms with E-state index < -0.39 is 12.1 Å². The molecule has 0 aromatic carbocycles. The molecule has 0 radical (unpaired) electrons. The molecule has 2 aliphatic heterocycles. The summed E-state index contributed by atoms with van der Waals surface area (Å²) in [7, 11) is 1.97. The first-order chi connectivity index (χ1) is 11.3. The van der Waals surface area contributed by atoms with Crippen molar-refractivity contribution in [1.29, 1.82) is 0 Å². The number of carbonyl (C=O) groups is 1. The quantitative estimate of drug-likeness (QED) is 0.809. The third-order valence-corrected chi connectivity index (χ3v) is 4.23. The molecular formula is C15H21FN6O2. The molecular weight excluding hydrogens is 315 g/mol. The molecule has 1 atom stereocenters. The van der Waals surface area contributed by atoms with Crippen molar-refractivity contribution in [2.75, 3.05) is 20.1 Å². The Morgan fingerprint density at radius 1 is 1.38 bits per heavy atom. The number of halogens is 1. The van der Waals surface area contributed by atoms with Gasteiger partial charge >= 0.3 is 0 Å². The van der Waals surface area contributed by atoms with E-state index in [1.165, 1.54) is 0 Å². The van der Waals surface area contributed by atoms with Crippen LogP contribution in [0.5, 0.6) is 0 Å². The fourth-order valence-corrected chi connectivity index (χ4v) is 2.69. The van der Waals surface area contributed by atoms with Crippen LogP contribution in [0.15, 0.2) is 14.5 Å². The van der Waals surface area contributed by atoms with Gasteiger partial charge in [-0.3, -0.25) is 9.69 Å². The number of nitrogens with zero attached hydrogens (tertiary/aromatic N) is 6. The molecule has 1 fully saturated rings. The Morgan fingerprint density at radius 3 is 2.67 bits per heavy atom. The van der Waals surface area contributed by atoms with Crippen molar-refractivity contribution in [3.8, 4) is 0 Å². The number of aryl methyl sites for hydroxylation is 1. The van der Waals surface area contributed by atoms with E-state index in [0.29, 0.717) is 37.3 Å². The van der Waals surface area contributed by atoms with Gasteiger partial charge in [0.2, 0.25) is 18.0 Å². The van der Waals surface area contributed by atoms with E-state index in [1.54, 1.807) is 6.92 Å². The van der Waals surface area contributed by atoms with Gasteiger partial charge in [0.05, 0.1) is 12.3 Å². The van der Waals surface area contributed by atoms with Crippen LogP contribution in [-0.2, 0) is 11.3 Å². The zero-order valence-corrected chi connectivity index (χ0v) is 14.2. The summed E-state index contributed by atoms with van der Waals surface area (Å²) in [6, 6.07) is 0.260. The molecule has 0 saturated carbocycles. The highest BCUT2D eigenvalue weighted by molar-refractivity contribution is 6.18. The van der Waals surface area contributed by atoms with Crippen molar-refractivity contribution in [2.45, 2.75) is 39.5 Å². The van der Waals surface area contributed by atoms with Crippen molar-refractivity contribution in [3.63, 3.8) is 0 Å². The normalized spacial score (nSPS) is 22.0. The third-order valence-electron chi connectivity index (χ3n) is 4.23. The number of aromatic nitrogens is 2. The molecule has 9 heteroatoms. The molecule has 1 amide bonds. The highest BCUT2D eigenvalue weighted by Gasteiger charge is 2.37. The molecule has 24 heavy (non-hydrogen) atoms. The molecule has 0 bridgehead atoms. The SMILES string of the molecule is Cc1noc(CN(C)C2CN(C3=NC(=O)C(F)C(C(C)C)=N3)C2)n1. The van der Waals surface area contributed by atoms with Gasteiger partial charge in [-0.2, -0.15) is 9.98 Å². The second-order valence-corrected chi connectivity index (χ2v) is 6.51. The topological polar surface area (TPSA) is 87.2 Å². The highest BCUT2D eigenvalue weighted by Crippen LogP contribution is 2.20. The maximum absolute atomic E-state index is 13.9. The molecule has 1 unspecified atom stereocenters. The molecule has 0 aliphatic carbocycles. The average Bonchev–Trinajstić information content (AvgIpc) is 2.85. The van der Waals surface area contributed by atoms with Gasteiger partial charge in [0.15, 0.2) is 5.82 Å². The minimum atomic E-state index is -1.71. The van der Waals surface area contributed by atoms with Gasteiger partial charge in [-0.15, -0.1) is 0 Å². The highest BCUT2D eigenvalue weighted by atomic mass is 19.1. The second-order valence-electron chi connectivity index (χ2n) is 6.51. The van der Waals surface area contributed by atoms with E-state index in [9.17, 15) is 9.18 Å². The zero-order chi connectivity index (χ0) is 17.4. The van der Waals surface area contributed by atoms with E-state index in [2.05, 4.69) is 25.0 Å². The lowest BCUT2D eigenvalue weighted by Gasteiger charge is -2.44. The minimum absolute atomic E-state index is 0.130. The molecule has 0 spiro atoms. The number of hydrogen-bond donors (Lipinski definition) is 0. The Labute approximate surface area is 139 Å². The predicted molar refractivity (Wildman–Crippen MR) is 85.5 cm³/mol. The Hall–Kier alpha value is -2.16. The lowest BCUT2D eigenvalue weighted by molar-refractivity contribution is -0.120. The lowest BCUT2D eigenvalue weighted by atomic mass is 10.0. The minimum Gasteiger partial charge on any atom is -0.338 e.